The molecule has 3 fully saturated rings. The van der Waals surface area contributed by atoms with E-state index in [9.17, 15) is 35.8 Å². The van der Waals surface area contributed by atoms with Gasteiger partial charge in [0.2, 0.25) is 0 Å². The maximum Gasteiger partial charge on any atom is 0.494 e. The molecule has 134 heavy (non-hydrogen) atoms. The second-order valence-electron chi connectivity index (χ2n) is 31.3. The summed E-state index contributed by atoms with van der Waals surface area (Å²) in [5, 5.41) is 27.9. The van der Waals surface area contributed by atoms with Gasteiger partial charge in [-0.15, -0.1) is 0 Å². The first-order valence-electron chi connectivity index (χ1n) is 44.5. The summed E-state index contributed by atoms with van der Waals surface area (Å²) in [5.41, 5.74) is 9.15. The Hall–Kier alpha value is -6.62. The molecule has 0 saturated carbocycles. The van der Waals surface area contributed by atoms with Gasteiger partial charge in [0.1, 0.15) is 61.1 Å². The number of halogens is 7. The Morgan fingerprint density at radius 3 is 0.888 bits per heavy atom. The van der Waals surface area contributed by atoms with E-state index < -0.39 is 61.9 Å². The molecule has 0 aromatic heterocycles. The zero-order valence-electron chi connectivity index (χ0n) is 81.1. The summed E-state index contributed by atoms with van der Waals surface area (Å²) in [6.45, 7) is 34.5. The average Bonchev–Trinajstić information content (AvgIpc) is 0.857. The molecule has 742 valence electrons. The third-order valence-corrected chi connectivity index (χ3v) is 19.0. The SMILES string of the molecule is CCOC(C)OCc1cc(F)ccc1B(O)O.CCOC(C)OCc1cc(F)ccc1B(O)OC.CCOC(C)OCc1cc(F)ccc1B(OC(C)C)OC(C)C.CCOC(C)OCc1cc(F)ccc1B(OC)OC.COCOCc1cc(F)ccc1B1OCC(C)(C)CO1.COCOCc1cc(F)ccc1B1OCCCCO1.COCOCc1cc(F)ccc1B1OCCCO1. The molecule has 7 aromatic rings. The van der Waals surface area contributed by atoms with Crippen molar-refractivity contribution in [3.8, 4) is 0 Å². The van der Waals surface area contributed by atoms with Gasteiger partial charge in [0.05, 0.1) is 46.2 Å². The lowest BCUT2D eigenvalue weighted by atomic mass is 9.73. The Balaban J connectivity index is 0.000000327. The van der Waals surface area contributed by atoms with Gasteiger partial charge in [0, 0.05) is 126 Å². The first-order chi connectivity index (χ1) is 64.2. The van der Waals surface area contributed by atoms with Crippen molar-refractivity contribution < 1.29 is 163 Å². The lowest BCUT2D eigenvalue weighted by molar-refractivity contribution is -0.134. The molecule has 3 aliphatic heterocycles. The second kappa shape index (κ2) is 68.4. The molecule has 10 rings (SSSR count). The quantitative estimate of drug-likeness (QED) is 0.0138. The van der Waals surface area contributed by atoms with Crippen LogP contribution in [0.3, 0.4) is 0 Å². The molecule has 3 saturated heterocycles. The third-order valence-electron chi connectivity index (χ3n) is 19.0. The lowest BCUT2D eigenvalue weighted by Crippen LogP contribution is -2.48. The zero-order valence-corrected chi connectivity index (χ0v) is 81.1. The summed E-state index contributed by atoms with van der Waals surface area (Å²) in [6, 6.07) is 30.3. The largest absolute Gasteiger partial charge is 0.494 e. The first kappa shape index (κ1) is 120. The fourth-order valence-electron chi connectivity index (χ4n) is 12.7. The maximum atomic E-state index is 13.6. The Morgan fingerprint density at radius 2 is 0.597 bits per heavy atom. The van der Waals surface area contributed by atoms with Crippen molar-refractivity contribution in [2.45, 2.75) is 200 Å². The van der Waals surface area contributed by atoms with E-state index >= 15 is 0 Å². The summed E-state index contributed by atoms with van der Waals surface area (Å²) in [6.07, 6.45) is 1.31. The maximum absolute atomic E-state index is 13.6. The van der Waals surface area contributed by atoms with Gasteiger partial charge < -0.3 is 133 Å². The number of hydrogen-bond acceptors (Lipinski definition) is 28. The lowest BCUT2D eigenvalue weighted by Gasteiger charge is -2.33. The van der Waals surface area contributed by atoms with E-state index in [1.54, 1.807) is 72.4 Å². The van der Waals surface area contributed by atoms with E-state index in [1.807, 2.05) is 62.3 Å². The Labute approximate surface area is 789 Å². The van der Waals surface area contributed by atoms with E-state index in [2.05, 4.69) is 13.8 Å². The van der Waals surface area contributed by atoms with Crippen LogP contribution in [0, 0.1) is 46.1 Å². The number of benzene rings is 7. The van der Waals surface area contributed by atoms with Gasteiger partial charge in [-0.3, -0.25) is 0 Å². The van der Waals surface area contributed by atoms with Crippen LogP contribution in [0.15, 0.2) is 127 Å². The van der Waals surface area contributed by atoms with E-state index in [0.29, 0.717) is 99.3 Å². The van der Waals surface area contributed by atoms with Gasteiger partial charge >= 0.3 is 49.8 Å². The summed E-state index contributed by atoms with van der Waals surface area (Å²) in [4.78, 5) is 0. The Morgan fingerprint density at radius 1 is 0.328 bits per heavy atom. The highest BCUT2D eigenvalue weighted by molar-refractivity contribution is 6.64. The summed E-state index contributed by atoms with van der Waals surface area (Å²) < 4.78 is 227. The first-order valence-corrected chi connectivity index (χ1v) is 44.5. The normalized spacial score (nSPS) is 14.5. The molecule has 0 spiro atoms. The minimum Gasteiger partial charge on any atom is -0.423 e. The highest BCUT2D eigenvalue weighted by Gasteiger charge is 2.36. The molecule has 7 aromatic carbocycles. The van der Waals surface area contributed by atoms with Gasteiger partial charge in [-0.1, -0.05) is 56.3 Å². The molecule has 0 aliphatic carbocycles. The van der Waals surface area contributed by atoms with Gasteiger partial charge in [-0.2, -0.15) is 0 Å². The van der Waals surface area contributed by atoms with Crippen molar-refractivity contribution in [3.05, 3.63) is 207 Å². The van der Waals surface area contributed by atoms with Crippen molar-refractivity contribution >= 4 is 88.1 Å². The highest BCUT2D eigenvalue weighted by Crippen LogP contribution is 2.23. The van der Waals surface area contributed by atoms with Crippen LogP contribution in [0.4, 0.5) is 30.7 Å². The van der Waals surface area contributed by atoms with Gasteiger partial charge in [-0.25, -0.2) is 30.7 Å². The fraction of sp³-hybridized carbons (Fsp3) is 0.543. The molecular weight excluding hydrogens is 1760 g/mol. The van der Waals surface area contributed by atoms with Crippen LogP contribution in [0.5, 0.6) is 0 Å². The minimum absolute atomic E-state index is 0.00322. The Bertz CT molecular complexity index is 4290. The molecule has 3 aliphatic rings. The third kappa shape index (κ3) is 47.4. The van der Waals surface area contributed by atoms with Gasteiger partial charge in [-0.05, 0) is 264 Å². The van der Waals surface area contributed by atoms with E-state index in [0.717, 1.165) is 57.7 Å². The van der Waals surface area contributed by atoms with Crippen LogP contribution >= 0.6 is 0 Å². The van der Waals surface area contributed by atoms with Crippen molar-refractivity contribution in [1.82, 2.24) is 0 Å². The van der Waals surface area contributed by atoms with Gasteiger partial charge in [0.25, 0.3) is 0 Å². The highest BCUT2D eigenvalue weighted by atomic mass is 19.2. The molecule has 0 radical (unpaired) electrons. The molecule has 28 nitrogen and oxygen atoms in total. The zero-order chi connectivity index (χ0) is 98.9. The van der Waals surface area contributed by atoms with Crippen molar-refractivity contribution in [1.29, 1.82) is 0 Å². The predicted octanol–water partition coefficient (Wildman–Crippen LogP) is 10.7. The molecular formula is C92H136B7F7O28. The van der Waals surface area contributed by atoms with Crippen LogP contribution in [0.25, 0.3) is 0 Å². The Kier molecular flexibility index (Phi) is 61.1. The van der Waals surface area contributed by atoms with Crippen LogP contribution < -0.4 is 38.2 Å². The van der Waals surface area contributed by atoms with Gasteiger partial charge in [0.15, 0.2) is 25.2 Å². The molecule has 3 N–H and O–H groups in total. The van der Waals surface area contributed by atoms with Crippen LogP contribution in [-0.2, 0) is 164 Å². The second-order valence-corrected chi connectivity index (χ2v) is 31.3. The molecule has 0 amide bonds. The molecule has 4 unspecified atom stereocenters. The standard InChI is InChI=1S/C17H28BFO4.C14H20BFO4.C13H18BFO4.C13H20BFO4.C12H16BFO4.C12H18BFO4.C11H16BFO4/c1-7-20-14(6)21-11-15-10-16(19)8-9-17(15)18(22-12(2)3)23-13(4)5;1-14(2)8-19-15(20-9-14)13-5-4-12(16)6-11(13)7-18-10-17-3;1-16-10-17-9-11-8-12(15)4-5-13(11)14-18-6-2-3-7-19-14;1-5-18-10(2)19-9-11-8-12(15)6-7-13(11)14(16-3)17-4;1-15-9-16-8-10-7-11(14)3-4-12(10)13-17-5-2-6-18-13;1-4-17-9(2)18-8-10-7-11(14)5-6-12(10)13(15)16-3;1-3-16-8(2)17-7-9-6-10(13)4-5-11(9)12(14)15/h8-10,12-14H,7,11H2,1-6H3;4-6H,7-10H2,1-3H3;4-5,8H,2-3,6-7,9-10H2,1H3;6-8,10H,5,9H2,1-4H3;3-4,7H,2,5-6,8-9H2,1H3;5-7,9,15H,4,8H2,1-3H3;4-6,8,14-15H,3,7H2,1-2H3. The average molecular weight is 1900 g/mol. The number of hydrogen-bond donors (Lipinski definition) is 3. The van der Waals surface area contributed by atoms with Crippen LogP contribution in [0.2, 0.25) is 0 Å². The molecule has 42 heteroatoms. The van der Waals surface area contributed by atoms with E-state index in [-0.39, 0.29) is 143 Å². The summed E-state index contributed by atoms with van der Waals surface area (Å²) >= 11 is 0. The van der Waals surface area contributed by atoms with E-state index in [4.69, 9.17) is 128 Å². The predicted molar refractivity (Wildman–Crippen MR) is 499 cm³/mol. The van der Waals surface area contributed by atoms with Crippen molar-refractivity contribution in [3.63, 3.8) is 0 Å². The van der Waals surface area contributed by atoms with Crippen molar-refractivity contribution in [2.24, 2.45) is 5.41 Å². The summed E-state index contributed by atoms with van der Waals surface area (Å²) in [7, 11) is 3.90. The smallest absolute Gasteiger partial charge is 0.423 e. The van der Waals surface area contributed by atoms with Crippen LogP contribution in [0.1, 0.15) is 155 Å². The molecule has 0 bridgehead atoms. The van der Waals surface area contributed by atoms with Crippen LogP contribution in [-0.4, -0.2) is 231 Å². The number of methoxy groups -OCH3 is 3. The topological polar surface area (TPSA) is 291 Å². The molecule has 3 heterocycles. The minimum atomic E-state index is -1.64. The fourth-order valence-corrected chi connectivity index (χ4v) is 12.7. The van der Waals surface area contributed by atoms with E-state index in [1.165, 1.54) is 118 Å². The number of rotatable bonds is 46. The summed E-state index contributed by atoms with van der Waals surface area (Å²) in [5.74, 6) is -2.37. The monoisotopic (exact) mass is 1900 g/mol. The van der Waals surface area contributed by atoms with Crippen molar-refractivity contribution in [2.75, 3.05) is 129 Å². The molecule has 4 atom stereocenters. The number of ether oxygens (including phenoxy) is 14.